The zero-order chi connectivity index (χ0) is 12.6. The van der Waals surface area contributed by atoms with E-state index in [4.69, 9.17) is 5.11 Å². The number of carbonyl (C=O) groups is 2. The first-order valence-corrected chi connectivity index (χ1v) is 4.83. The third-order valence-electron chi connectivity index (χ3n) is 2.41. The molecule has 0 aromatic heterocycles. The Balaban J connectivity index is 2.34. The van der Waals surface area contributed by atoms with Crippen LogP contribution in [0.2, 0.25) is 0 Å². The van der Waals surface area contributed by atoms with Gasteiger partial charge in [-0.1, -0.05) is 0 Å². The van der Waals surface area contributed by atoms with Crippen LogP contribution in [0.15, 0.2) is 18.2 Å². The highest BCUT2D eigenvalue weighted by Crippen LogP contribution is 2.23. The number of hydrogen-bond donors (Lipinski definition) is 2. The topological polar surface area (TPSA) is 72.9 Å². The quantitative estimate of drug-likeness (QED) is 0.745. The van der Waals surface area contributed by atoms with Crippen LogP contribution in [-0.2, 0) is 4.79 Å². The monoisotopic (exact) mass is 239 g/mol. The summed E-state index contributed by atoms with van der Waals surface area (Å²) in [5, 5.41) is 9.99. The molecule has 2 N–H and O–H groups in total. The van der Waals surface area contributed by atoms with E-state index in [1.165, 1.54) is 19.2 Å². The van der Waals surface area contributed by atoms with Crippen molar-refractivity contribution >= 4 is 17.6 Å². The first kappa shape index (κ1) is 11.3. The first-order valence-electron chi connectivity index (χ1n) is 4.83. The van der Waals surface area contributed by atoms with Gasteiger partial charge in [-0.05, 0) is 12.1 Å². The van der Waals surface area contributed by atoms with Crippen LogP contribution in [0.3, 0.4) is 0 Å². The van der Waals surface area contributed by atoms with Crippen molar-refractivity contribution in [3.8, 4) is 5.75 Å². The van der Waals surface area contributed by atoms with Crippen LogP contribution >= 0.6 is 0 Å². The van der Waals surface area contributed by atoms with Crippen molar-refractivity contribution in [2.45, 2.75) is 0 Å². The summed E-state index contributed by atoms with van der Waals surface area (Å²) in [5.41, 5.74) is 2.45. The molecule has 0 atom stereocenters. The van der Waals surface area contributed by atoms with Crippen molar-refractivity contribution in [1.29, 1.82) is 0 Å². The maximum Gasteiger partial charge on any atom is 0.345 e. The van der Waals surface area contributed by atoms with Crippen LogP contribution in [-0.4, -0.2) is 35.5 Å². The highest BCUT2D eigenvalue weighted by molar-refractivity contribution is 6.05. The molecule has 0 bridgehead atoms. The van der Waals surface area contributed by atoms with Gasteiger partial charge in [0, 0.05) is 13.1 Å². The molecule has 0 unspecified atom stereocenters. The van der Waals surface area contributed by atoms with Gasteiger partial charge in [-0.3, -0.25) is 9.69 Å². The SMILES string of the molecule is CN1C(=O)CNN(c2ccc(O)cc2F)C1=O. The predicted molar refractivity (Wildman–Crippen MR) is 56.7 cm³/mol. The van der Waals surface area contributed by atoms with E-state index in [-0.39, 0.29) is 18.0 Å². The smallest absolute Gasteiger partial charge is 0.345 e. The second kappa shape index (κ2) is 4.02. The Morgan fingerprint density at radius 2 is 2.12 bits per heavy atom. The van der Waals surface area contributed by atoms with Crippen LogP contribution in [0.5, 0.6) is 5.75 Å². The number of nitrogens with zero attached hydrogens (tertiary/aromatic N) is 2. The lowest BCUT2D eigenvalue weighted by Gasteiger charge is -2.32. The molecule has 1 aromatic rings. The van der Waals surface area contributed by atoms with Gasteiger partial charge in [-0.25, -0.2) is 19.6 Å². The number of urea groups is 1. The third-order valence-corrected chi connectivity index (χ3v) is 2.41. The van der Waals surface area contributed by atoms with E-state index in [1.807, 2.05) is 0 Å². The Labute approximate surface area is 96.2 Å². The molecule has 0 spiro atoms. The second-order valence-corrected chi connectivity index (χ2v) is 3.54. The molecule has 1 aromatic carbocycles. The number of hydrazine groups is 1. The summed E-state index contributed by atoms with van der Waals surface area (Å²) in [6, 6.07) is 2.72. The summed E-state index contributed by atoms with van der Waals surface area (Å²) >= 11 is 0. The molecule has 7 heteroatoms. The minimum absolute atomic E-state index is 0.0489. The lowest BCUT2D eigenvalue weighted by Crippen LogP contribution is -2.59. The van der Waals surface area contributed by atoms with Crippen LogP contribution in [0, 0.1) is 5.82 Å². The van der Waals surface area contributed by atoms with Crippen LogP contribution in [0.25, 0.3) is 0 Å². The minimum Gasteiger partial charge on any atom is -0.508 e. The molecule has 17 heavy (non-hydrogen) atoms. The number of aromatic hydroxyl groups is 1. The number of benzene rings is 1. The van der Waals surface area contributed by atoms with E-state index in [9.17, 15) is 14.0 Å². The average molecular weight is 239 g/mol. The molecule has 1 saturated heterocycles. The molecule has 0 radical (unpaired) electrons. The fourth-order valence-corrected chi connectivity index (χ4v) is 1.45. The summed E-state index contributed by atoms with van der Waals surface area (Å²) in [6.07, 6.45) is 0. The number of rotatable bonds is 1. The van der Waals surface area contributed by atoms with Crippen molar-refractivity contribution in [3.05, 3.63) is 24.0 Å². The second-order valence-electron chi connectivity index (χ2n) is 3.54. The van der Waals surface area contributed by atoms with Gasteiger partial charge in [0.2, 0.25) is 5.91 Å². The molecule has 1 aliphatic heterocycles. The van der Waals surface area contributed by atoms with Gasteiger partial charge in [-0.2, -0.15) is 0 Å². The maximum absolute atomic E-state index is 13.5. The Bertz CT molecular complexity index is 492. The Hall–Kier alpha value is -2.15. The van der Waals surface area contributed by atoms with Gasteiger partial charge in [-0.15, -0.1) is 0 Å². The molecule has 6 nitrogen and oxygen atoms in total. The van der Waals surface area contributed by atoms with Crippen molar-refractivity contribution < 1.29 is 19.1 Å². The molecule has 1 heterocycles. The summed E-state index contributed by atoms with van der Waals surface area (Å²) in [7, 11) is 1.32. The average Bonchev–Trinajstić information content (AvgIpc) is 2.28. The largest absolute Gasteiger partial charge is 0.508 e. The van der Waals surface area contributed by atoms with E-state index < -0.39 is 17.8 Å². The van der Waals surface area contributed by atoms with Gasteiger partial charge < -0.3 is 5.11 Å². The molecule has 0 aliphatic carbocycles. The zero-order valence-corrected chi connectivity index (χ0v) is 8.98. The number of phenols is 1. The summed E-state index contributed by atoms with van der Waals surface area (Å²) in [4.78, 5) is 23.8. The van der Waals surface area contributed by atoms with Crippen LogP contribution < -0.4 is 10.4 Å². The summed E-state index contributed by atoms with van der Waals surface area (Å²) < 4.78 is 13.5. The number of imide groups is 1. The Kier molecular flexibility index (Phi) is 2.68. The Morgan fingerprint density at radius 1 is 1.41 bits per heavy atom. The van der Waals surface area contributed by atoms with Gasteiger partial charge in [0.15, 0.2) is 5.82 Å². The molecule has 0 saturated carbocycles. The van der Waals surface area contributed by atoms with Crippen LogP contribution in [0.1, 0.15) is 0 Å². The molecule has 2 rings (SSSR count). The summed E-state index contributed by atoms with van der Waals surface area (Å²) in [5.74, 6) is -1.39. The standard InChI is InChI=1S/C10H10FN3O3/c1-13-9(16)5-12-14(10(13)17)8-3-2-6(15)4-7(8)11/h2-4,12,15H,5H2,1H3. The van der Waals surface area contributed by atoms with E-state index in [2.05, 4.69) is 5.43 Å². The lowest BCUT2D eigenvalue weighted by atomic mass is 10.2. The fourth-order valence-electron chi connectivity index (χ4n) is 1.45. The molecular formula is C10H10FN3O3. The van der Waals surface area contributed by atoms with Gasteiger partial charge in [0.05, 0.1) is 12.2 Å². The first-order chi connectivity index (χ1) is 8.00. The molecular weight excluding hydrogens is 229 g/mol. The van der Waals surface area contributed by atoms with E-state index >= 15 is 0 Å². The normalized spacial score (nSPS) is 16.6. The van der Waals surface area contributed by atoms with Gasteiger partial charge >= 0.3 is 6.03 Å². The molecule has 1 aliphatic rings. The number of carbonyl (C=O) groups excluding carboxylic acids is 2. The number of anilines is 1. The number of halogens is 1. The molecule has 90 valence electrons. The number of nitrogens with one attached hydrogen (secondary N) is 1. The van der Waals surface area contributed by atoms with E-state index in [0.717, 1.165) is 16.0 Å². The zero-order valence-electron chi connectivity index (χ0n) is 8.98. The van der Waals surface area contributed by atoms with E-state index in [0.29, 0.717) is 0 Å². The van der Waals surface area contributed by atoms with E-state index in [1.54, 1.807) is 0 Å². The van der Waals surface area contributed by atoms with Crippen molar-refractivity contribution in [2.24, 2.45) is 0 Å². The Morgan fingerprint density at radius 3 is 2.76 bits per heavy atom. The number of amides is 3. The number of hydrogen-bond acceptors (Lipinski definition) is 4. The van der Waals surface area contributed by atoms with Gasteiger partial charge in [0.25, 0.3) is 0 Å². The number of likely N-dealkylation sites (N-methyl/N-ethyl adjacent to an activating group) is 1. The minimum atomic E-state index is -0.756. The predicted octanol–water partition coefficient (Wildman–Crippen LogP) is 0.434. The highest BCUT2D eigenvalue weighted by atomic mass is 19.1. The molecule has 3 amide bonds. The lowest BCUT2D eigenvalue weighted by molar-refractivity contribution is -0.127. The van der Waals surface area contributed by atoms with Gasteiger partial charge in [0.1, 0.15) is 5.75 Å². The van der Waals surface area contributed by atoms with Crippen molar-refractivity contribution in [2.75, 3.05) is 18.6 Å². The maximum atomic E-state index is 13.5. The third kappa shape index (κ3) is 1.92. The highest BCUT2D eigenvalue weighted by Gasteiger charge is 2.31. The molecule has 1 fully saturated rings. The van der Waals surface area contributed by atoms with Crippen molar-refractivity contribution in [1.82, 2.24) is 10.3 Å². The fraction of sp³-hybridized carbons (Fsp3) is 0.200. The summed E-state index contributed by atoms with van der Waals surface area (Å²) in [6.45, 7) is -0.0947. The number of phenolic OH excluding ortho intramolecular Hbond substituents is 1. The van der Waals surface area contributed by atoms with Crippen LogP contribution in [0.4, 0.5) is 14.9 Å². The van der Waals surface area contributed by atoms with Crippen molar-refractivity contribution in [3.63, 3.8) is 0 Å².